The van der Waals surface area contributed by atoms with Crippen molar-refractivity contribution in [2.75, 3.05) is 38.3 Å². The van der Waals surface area contributed by atoms with Gasteiger partial charge in [0.15, 0.2) is 14.6 Å². The maximum atomic E-state index is 12.6. The Morgan fingerprint density at radius 1 is 1.09 bits per heavy atom. The van der Waals surface area contributed by atoms with Crippen LogP contribution in [0.25, 0.3) is 10.2 Å². The Morgan fingerprint density at radius 3 is 2.44 bits per heavy atom. The first-order chi connectivity index (χ1) is 16.2. The van der Waals surface area contributed by atoms with Crippen molar-refractivity contribution in [2.24, 2.45) is 4.99 Å². The van der Waals surface area contributed by atoms with Crippen LogP contribution in [0.4, 0.5) is 0 Å². The summed E-state index contributed by atoms with van der Waals surface area (Å²) in [6.45, 7) is 3.20. The van der Waals surface area contributed by atoms with Crippen molar-refractivity contribution in [3.63, 3.8) is 0 Å². The normalized spacial score (nSPS) is 15.2. The third kappa shape index (κ3) is 6.89. The highest BCUT2D eigenvalue weighted by atomic mass is 32.2. The van der Waals surface area contributed by atoms with Crippen LogP contribution in [0.2, 0.25) is 0 Å². The Kier molecular flexibility index (Phi) is 8.84. The number of ether oxygens (including phenoxy) is 2. The number of aromatic nitrogens is 1. The smallest absolute Gasteiger partial charge is 0.325 e. The van der Waals surface area contributed by atoms with Crippen LogP contribution in [-0.4, -0.2) is 74.0 Å². The first-order valence-electron chi connectivity index (χ1n) is 11.1. The summed E-state index contributed by atoms with van der Waals surface area (Å²) < 4.78 is 37.5. The molecule has 0 aliphatic carbocycles. The summed E-state index contributed by atoms with van der Waals surface area (Å²) in [6.07, 6.45) is 3.72. The van der Waals surface area contributed by atoms with Gasteiger partial charge in [-0.25, -0.2) is 8.42 Å². The fourth-order valence-corrected chi connectivity index (χ4v) is 5.90. The van der Waals surface area contributed by atoms with Crippen LogP contribution in [0.15, 0.2) is 23.2 Å². The van der Waals surface area contributed by atoms with Gasteiger partial charge in [0.05, 0.1) is 23.9 Å². The highest BCUT2D eigenvalue weighted by molar-refractivity contribution is 7.92. The van der Waals surface area contributed by atoms with E-state index in [1.807, 2.05) is 6.92 Å². The zero-order valence-corrected chi connectivity index (χ0v) is 21.0. The molecular weight excluding hydrogens is 482 g/mol. The number of amides is 2. The number of methoxy groups -OCH3 is 1. The zero-order valence-electron chi connectivity index (χ0n) is 19.3. The van der Waals surface area contributed by atoms with Crippen molar-refractivity contribution < 1.29 is 32.3 Å². The first-order valence-corrected chi connectivity index (χ1v) is 13.7. The van der Waals surface area contributed by atoms with Gasteiger partial charge in [-0.05, 0) is 38.0 Å². The summed E-state index contributed by atoms with van der Waals surface area (Å²) >= 11 is 1.13. The molecule has 1 aliphatic heterocycles. The van der Waals surface area contributed by atoms with E-state index in [1.165, 1.54) is 11.7 Å². The topological polar surface area (TPSA) is 124 Å². The molecule has 34 heavy (non-hydrogen) atoms. The van der Waals surface area contributed by atoms with E-state index in [9.17, 15) is 22.8 Å². The SMILES string of the molecule is CCOc1ccc2c(c1)sc(=NC(=O)CS(=O)(=O)CC(=O)N1CCCCCC1)n2CC(=O)OC. The number of thiazole rings is 1. The van der Waals surface area contributed by atoms with Gasteiger partial charge in [0.2, 0.25) is 5.91 Å². The fraction of sp³-hybridized carbons (Fsp3) is 0.545. The lowest BCUT2D eigenvalue weighted by molar-refractivity contribution is -0.141. The molecule has 0 unspecified atom stereocenters. The number of likely N-dealkylation sites (tertiary alicyclic amines) is 1. The largest absolute Gasteiger partial charge is 0.494 e. The summed E-state index contributed by atoms with van der Waals surface area (Å²) in [6, 6.07) is 5.23. The minimum atomic E-state index is -4.00. The van der Waals surface area contributed by atoms with Crippen LogP contribution in [0.1, 0.15) is 32.6 Å². The number of benzene rings is 1. The van der Waals surface area contributed by atoms with Crippen molar-refractivity contribution in [3.05, 3.63) is 23.0 Å². The second-order valence-electron chi connectivity index (χ2n) is 7.94. The minimum Gasteiger partial charge on any atom is -0.494 e. The van der Waals surface area contributed by atoms with Crippen molar-refractivity contribution in [1.82, 2.24) is 9.47 Å². The van der Waals surface area contributed by atoms with Crippen LogP contribution in [0.3, 0.4) is 0 Å². The second kappa shape index (κ2) is 11.6. The van der Waals surface area contributed by atoms with Gasteiger partial charge < -0.3 is 18.9 Å². The van der Waals surface area contributed by atoms with Gasteiger partial charge in [-0.2, -0.15) is 4.99 Å². The van der Waals surface area contributed by atoms with Gasteiger partial charge in [0.1, 0.15) is 23.8 Å². The van der Waals surface area contributed by atoms with Crippen molar-refractivity contribution >= 4 is 49.2 Å². The molecule has 1 saturated heterocycles. The maximum Gasteiger partial charge on any atom is 0.325 e. The molecule has 10 nitrogen and oxygen atoms in total. The molecule has 0 N–H and O–H groups in total. The Bertz CT molecular complexity index is 1220. The Balaban J connectivity index is 1.83. The summed E-state index contributed by atoms with van der Waals surface area (Å²) in [4.78, 5) is 42.6. The third-order valence-corrected chi connectivity index (χ3v) is 7.76. The minimum absolute atomic E-state index is 0.160. The number of carbonyl (C=O) groups is 3. The second-order valence-corrected chi connectivity index (χ2v) is 11.0. The molecule has 186 valence electrons. The van der Waals surface area contributed by atoms with Gasteiger partial charge in [-0.1, -0.05) is 24.2 Å². The average molecular weight is 512 g/mol. The average Bonchev–Trinajstić information content (AvgIpc) is 2.94. The van der Waals surface area contributed by atoms with E-state index >= 15 is 0 Å². The first kappa shape index (κ1) is 25.9. The molecule has 12 heteroatoms. The molecule has 0 spiro atoms. The molecular formula is C22H29N3O7S2. The van der Waals surface area contributed by atoms with E-state index in [-0.39, 0.29) is 11.3 Å². The molecule has 2 heterocycles. The zero-order chi connectivity index (χ0) is 24.7. The van der Waals surface area contributed by atoms with Crippen LogP contribution in [0.5, 0.6) is 5.75 Å². The van der Waals surface area contributed by atoms with Gasteiger partial charge in [-0.3, -0.25) is 14.4 Å². The number of rotatable bonds is 8. The standard InChI is InChI=1S/C22H29N3O7S2/c1-3-32-16-8-9-17-18(12-16)33-22(25(17)13-21(28)31-2)23-19(26)14-34(29,30)15-20(27)24-10-6-4-5-7-11-24/h8-9,12H,3-7,10-11,13-15H2,1-2H3. The highest BCUT2D eigenvalue weighted by Crippen LogP contribution is 2.23. The van der Waals surface area contributed by atoms with E-state index < -0.39 is 39.1 Å². The van der Waals surface area contributed by atoms with E-state index in [2.05, 4.69) is 4.99 Å². The number of fused-ring (bicyclic) bond motifs is 1. The predicted octanol–water partition coefficient (Wildman–Crippen LogP) is 1.52. The number of sulfone groups is 1. The molecule has 1 aromatic carbocycles. The van der Waals surface area contributed by atoms with Crippen molar-refractivity contribution in [1.29, 1.82) is 0 Å². The van der Waals surface area contributed by atoms with Crippen molar-refractivity contribution in [2.45, 2.75) is 39.2 Å². The van der Waals surface area contributed by atoms with Crippen LogP contribution >= 0.6 is 11.3 Å². The Hall–Kier alpha value is -2.73. The van der Waals surface area contributed by atoms with Crippen LogP contribution < -0.4 is 9.54 Å². The van der Waals surface area contributed by atoms with E-state index in [0.29, 0.717) is 35.7 Å². The van der Waals surface area contributed by atoms with E-state index in [1.54, 1.807) is 23.1 Å². The van der Waals surface area contributed by atoms with Crippen molar-refractivity contribution in [3.8, 4) is 5.75 Å². The molecule has 1 aliphatic rings. The third-order valence-electron chi connectivity index (χ3n) is 5.35. The maximum absolute atomic E-state index is 12.6. The monoisotopic (exact) mass is 511 g/mol. The van der Waals surface area contributed by atoms with E-state index in [0.717, 1.165) is 37.0 Å². The number of esters is 1. The molecule has 1 aromatic heterocycles. The lowest BCUT2D eigenvalue weighted by atomic mass is 10.2. The van der Waals surface area contributed by atoms with Crippen LogP contribution in [0, 0.1) is 0 Å². The molecule has 1 fully saturated rings. The predicted molar refractivity (Wildman–Crippen MR) is 127 cm³/mol. The molecule has 0 atom stereocenters. The Morgan fingerprint density at radius 2 is 1.79 bits per heavy atom. The molecule has 3 rings (SSSR count). The summed E-state index contributed by atoms with van der Waals surface area (Å²) in [5, 5.41) is 0. The fourth-order valence-electron chi connectivity index (χ4n) is 3.72. The number of nitrogens with zero attached hydrogens (tertiary/aromatic N) is 3. The lowest BCUT2D eigenvalue weighted by Gasteiger charge is -2.19. The summed E-state index contributed by atoms with van der Waals surface area (Å²) in [5.41, 5.74) is 0.629. The number of carbonyl (C=O) groups excluding carboxylic acids is 3. The highest BCUT2D eigenvalue weighted by Gasteiger charge is 2.25. The number of hydrogen-bond donors (Lipinski definition) is 0. The molecule has 0 radical (unpaired) electrons. The Labute approximate surface area is 202 Å². The quantitative estimate of drug-likeness (QED) is 0.492. The molecule has 0 bridgehead atoms. The van der Waals surface area contributed by atoms with E-state index in [4.69, 9.17) is 9.47 Å². The summed E-state index contributed by atoms with van der Waals surface area (Å²) in [5.74, 6) is -2.92. The van der Waals surface area contributed by atoms with Gasteiger partial charge in [0.25, 0.3) is 5.91 Å². The lowest BCUT2D eigenvalue weighted by Crippen LogP contribution is -2.37. The van der Waals surface area contributed by atoms with Gasteiger partial charge >= 0.3 is 5.97 Å². The molecule has 2 aromatic rings. The van der Waals surface area contributed by atoms with Crippen LogP contribution in [-0.2, 0) is 35.5 Å². The number of hydrogen-bond acceptors (Lipinski definition) is 8. The summed E-state index contributed by atoms with van der Waals surface area (Å²) in [7, 11) is -2.75. The molecule has 2 amide bonds. The molecule has 0 saturated carbocycles. The van der Waals surface area contributed by atoms with Gasteiger partial charge in [-0.15, -0.1) is 0 Å². The van der Waals surface area contributed by atoms with Gasteiger partial charge in [0, 0.05) is 13.1 Å².